The lowest BCUT2D eigenvalue weighted by Gasteiger charge is -2.10. The van der Waals surface area contributed by atoms with Crippen LogP contribution in [0.2, 0.25) is 0 Å². The molecular formula is C14H19N5O. The molecule has 20 heavy (non-hydrogen) atoms. The Bertz CT molecular complexity index is 578. The zero-order valence-corrected chi connectivity index (χ0v) is 11.8. The lowest BCUT2D eigenvalue weighted by atomic mass is 10.2. The van der Waals surface area contributed by atoms with E-state index in [-0.39, 0.29) is 5.91 Å². The maximum atomic E-state index is 12.1. The van der Waals surface area contributed by atoms with Crippen molar-refractivity contribution < 1.29 is 4.79 Å². The molecule has 6 heteroatoms. The highest BCUT2D eigenvalue weighted by Gasteiger charge is 2.10. The van der Waals surface area contributed by atoms with Gasteiger partial charge in [-0.05, 0) is 19.1 Å². The quantitative estimate of drug-likeness (QED) is 0.830. The Morgan fingerprint density at radius 3 is 2.95 bits per heavy atom. The van der Waals surface area contributed by atoms with Gasteiger partial charge in [-0.1, -0.05) is 0 Å². The first-order chi connectivity index (χ1) is 9.70. The maximum Gasteiger partial charge on any atom is 0.253 e. The summed E-state index contributed by atoms with van der Waals surface area (Å²) in [6.07, 6.45) is 5.89. The van der Waals surface area contributed by atoms with E-state index < -0.39 is 0 Å². The molecule has 0 bridgehead atoms. The molecule has 0 aliphatic carbocycles. The first-order valence-electron chi connectivity index (χ1n) is 6.65. The molecule has 2 aromatic rings. The highest BCUT2D eigenvalue weighted by Crippen LogP contribution is 2.12. The van der Waals surface area contributed by atoms with Crippen LogP contribution < -0.4 is 10.6 Å². The molecule has 0 spiro atoms. The highest BCUT2D eigenvalue weighted by molar-refractivity contribution is 5.99. The number of hydrogen-bond donors (Lipinski definition) is 2. The number of rotatable bonds is 6. The molecule has 0 atom stereocenters. The summed E-state index contributed by atoms with van der Waals surface area (Å²) >= 11 is 0. The highest BCUT2D eigenvalue weighted by atomic mass is 16.1. The number of pyridine rings is 1. The van der Waals surface area contributed by atoms with Crippen LogP contribution in [0.1, 0.15) is 23.0 Å². The van der Waals surface area contributed by atoms with Crippen LogP contribution in [0.4, 0.5) is 5.69 Å². The van der Waals surface area contributed by atoms with Gasteiger partial charge in [-0.2, -0.15) is 5.10 Å². The maximum absolute atomic E-state index is 12.1. The number of carbonyl (C=O) groups excluding carboxylic acids is 1. The van der Waals surface area contributed by atoms with Crippen molar-refractivity contribution in [1.82, 2.24) is 20.1 Å². The largest absolute Gasteiger partial charge is 0.383 e. The van der Waals surface area contributed by atoms with Gasteiger partial charge >= 0.3 is 0 Å². The molecule has 0 saturated heterocycles. The third-order valence-corrected chi connectivity index (χ3v) is 2.87. The average molecular weight is 273 g/mol. The molecule has 0 unspecified atom stereocenters. The molecule has 0 aliphatic rings. The Morgan fingerprint density at radius 1 is 1.40 bits per heavy atom. The SMILES string of the molecule is CCNc1cnccc1C(=O)NCCc1ccn(C)n1. The molecule has 106 valence electrons. The summed E-state index contributed by atoms with van der Waals surface area (Å²) in [6, 6.07) is 3.66. The third-order valence-electron chi connectivity index (χ3n) is 2.87. The molecule has 1 amide bonds. The number of hydrogen-bond acceptors (Lipinski definition) is 4. The van der Waals surface area contributed by atoms with E-state index in [4.69, 9.17) is 0 Å². The van der Waals surface area contributed by atoms with Crippen molar-refractivity contribution >= 4 is 11.6 Å². The van der Waals surface area contributed by atoms with Crippen LogP contribution >= 0.6 is 0 Å². The third kappa shape index (κ3) is 3.57. The fourth-order valence-electron chi connectivity index (χ4n) is 1.92. The van der Waals surface area contributed by atoms with Crippen molar-refractivity contribution in [1.29, 1.82) is 0 Å². The number of nitrogens with zero attached hydrogens (tertiary/aromatic N) is 3. The van der Waals surface area contributed by atoms with Crippen LogP contribution in [-0.4, -0.2) is 33.8 Å². The summed E-state index contributed by atoms with van der Waals surface area (Å²) in [4.78, 5) is 16.2. The van der Waals surface area contributed by atoms with Gasteiger partial charge in [-0.25, -0.2) is 0 Å². The minimum absolute atomic E-state index is 0.0979. The number of aryl methyl sites for hydroxylation is 1. The number of carbonyl (C=O) groups is 1. The number of nitrogens with one attached hydrogen (secondary N) is 2. The van der Waals surface area contributed by atoms with Gasteiger partial charge in [0.05, 0.1) is 23.1 Å². The van der Waals surface area contributed by atoms with Gasteiger partial charge in [-0.15, -0.1) is 0 Å². The van der Waals surface area contributed by atoms with Crippen LogP contribution in [0.5, 0.6) is 0 Å². The van der Waals surface area contributed by atoms with Crippen LogP contribution in [-0.2, 0) is 13.5 Å². The van der Waals surface area contributed by atoms with Crippen LogP contribution in [0.3, 0.4) is 0 Å². The van der Waals surface area contributed by atoms with Gasteiger partial charge in [0.1, 0.15) is 0 Å². The van der Waals surface area contributed by atoms with E-state index in [0.29, 0.717) is 18.5 Å². The molecule has 6 nitrogen and oxygen atoms in total. The summed E-state index contributed by atoms with van der Waals surface area (Å²) in [5, 5.41) is 10.3. The second-order valence-corrected chi connectivity index (χ2v) is 4.44. The smallest absolute Gasteiger partial charge is 0.253 e. The van der Waals surface area contributed by atoms with Crippen molar-refractivity contribution in [3.63, 3.8) is 0 Å². The van der Waals surface area contributed by atoms with E-state index in [0.717, 1.165) is 17.9 Å². The van der Waals surface area contributed by atoms with Crippen molar-refractivity contribution in [2.24, 2.45) is 7.05 Å². The van der Waals surface area contributed by atoms with Crippen molar-refractivity contribution in [3.8, 4) is 0 Å². The van der Waals surface area contributed by atoms with Gasteiger partial charge in [-0.3, -0.25) is 14.5 Å². The topological polar surface area (TPSA) is 71.8 Å². The molecular weight excluding hydrogens is 254 g/mol. The van der Waals surface area contributed by atoms with Crippen LogP contribution in [0.25, 0.3) is 0 Å². The summed E-state index contributed by atoms with van der Waals surface area (Å²) in [5.74, 6) is -0.0979. The first kappa shape index (κ1) is 14.0. The minimum atomic E-state index is -0.0979. The second-order valence-electron chi connectivity index (χ2n) is 4.44. The second kappa shape index (κ2) is 6.70. The molecule has 0 fully saturated rings. The van der Waals surface area contributed by atoms with E-state index in [1.807, 2.05) is 26.2 Å². The lowest BCUT2D eigenvalue weighted by molar-refractivity contribution is 0.0955. The van der Waals surface area contributed by atoms with E-state index in [1.54, 1.807) is 23.1 Å². The van der Waals surface area contributed by atoms with E-state index >= 15 is 0 Å². The molecule has 0 aliphatic heterocycles. The molecule has 2 aromatic heterocycles. The zero-order chi connectivity index (χ0) is 14.4. The number of anilines is 1. The molecule has 2 rings (SSSR count). The van der Waals surface area contributed by atoms with Gasteiger partial charge in [0.15, 0.2) is 0 Å². The fourth-order valence-corrected chi connectivity index (χ4v) is 1.92. The van der Waals surface area contributed by atoms with Crippen molar-refractivity contribution in [2.75, 3.05) is 18.4 Å². The van der Waals surface area contributed by atoms with Gasteiger partial charge in [0, 0.05) is 39.0 Å². The summed E-state index contributed by atoms with van der Waals surface area (Å²) in [5.41, 5.74) is 2.34. The zero-order valence-electron chi connectivity index (χ0n) is 11.8. The molecule has 2 N–H and O–H groups in total. The number of aromatic nitrogens is 3. The predicted molar refractivity (Wildman–Crippen MR) is 77.6 cm³/mol. The van der Waals surface area contributed by atoms with E-state index in [1.165, 1.54) is 0 Å². The van der Waals surface area contributed by atoms with Crippen molar-refractivity contribution in [3.05, 3.63) is 42.0 Å². The predicted octanol–water partition coefficient (Wildman–Crippen LogP) is 1.22. The van der Waals surface area contributed by atoms with Gasteiger partial charge in [0.2, 0.25) is 0 Å². The fraction of sp³-hybridized carbons (Fsp3) is 0.357. The van der Waals surface area contributed by atoms with E-state index in [2.05, 4.69) is 20.7 Å². The Hall–Kier alpha value is -2.37. The van der Waals surface area contributed by atoms with Crippen LogP contribution in [0, 0.1) is 0 Å². The molecule has 2 heterocycles. The first-order valence-corrected chi connectivity index (χ1v) is 6.65. The Balaban J connectivity index is 1.91. The van der Waals surface area contributed by atoms with Gasteiger partial charge in [0.25, 0.3) is 5.91 Å². The van der Waals surface area contributed by atoms with Gasteiger partial charge < -0.3 is 10.6 Å². The molecule has 0 aromatic carbocycles. The van der Waals surface area contributed by atoms with E-state index in [9.17, 15) is 4.79 Å². The summed E-state index contributed by atoms with van der Waals surface area (Å²) in [7, 11) is 1.88. The molecule has 0 radical (unpaired) electrons. The van der Waals surface area contributed by atoms with Crippen molar-refractivity contribution in [2.45, 2.75) is 13.3 Å². The Kier molecular flexibility index (Phi) is 4.70. The lowest BCUT2D eigenvalue weighted by Crippen LogP contribution is -2.26. The standard InChI is InChI=1S/C14H19N5O/c1-3-16-13-10-15-7-5-12(13)14(20)17-8-4-11-6-9-19(2)18-11/h5-7,9-10,16H,3-4,8H2,1-2H3,(H,17,20). The summed E-state index contributed by atoms with van der Waals surface area (Å²) in [6.45, 7) is 3.29. The van der Waals surface area contributed by atoms with Crippen LogP contribution in [0.15, 0.2) is 30.7 Å². The molecule has 0 saturated carbocycles. The minimum Gasteiger partial charge on any atom is -0.383 e. The summed E-state index contributed by atoms with van der Waals surface area (Å²) < 4.78 is 1.75. The average Bonchev–Trinajstić information content (AvgIpc) is 2.85. The Labute approximate surface area is 118 Å². The number of amides is 1. The monoisotopic (exact) mass is 273 g/mol. The Morgan fingerprint density at radius 2 is 2.25 bits per heavy atom. The normalized spacial score (nSPS) is 10.3.